The zero-order chi connectivity index (χ0) is 49.1. The van der Waals surface area contributed by atoms with E-state index in [2.05, 4.69) is 10.6 Å². The van der Waals surface area contributed by atoms with Crippen LogP contribution >= 0.6 is 0 Å². The molecule has 0 saturated carbocycles. The van der Waals surface area contributed by atoms with Crippen molar-refractivity contribution >= 4 is 63.1 Å². The molecule has 0 aliphatic carbocycles. The maximum absolute atomic E-state index is 13.5. The number of sulfone groups is 1. The number of nitrogens with zero attached hydrogens (tertiary/aromatic N) is 1. The van der Waals surface area contributed by atoms with Gasteiger partial charge < -0.3 is 35.3 Å². The normalized spacial score (nSPS) is 13.4. The van der Waals surface area contributed by atoms with Crippen LogP contribution < -0.4 is 16.4 Å². The van der Waals surface area contributed by atoms with Crippen molar-refractivity contribution in [3.05, 3.63) is 47.5 Å². The molecular formula is C46H68N4O15S. The minimum atomic E-state index is -3.78. The van der Waals surface area contributed by atoms with E-state index in [4.69, 9.17) is 24.7 Å². The third kappa shape index (κ3) is 24.1. The number of ketones is 2. The molecule has 1 aromatic rings. The van der Waals surface area contributed by atoms with E-state index >= 15 is 0 Å². The maximum Gasteiger partial charge on any atom is 0.321 e. The van der Waals surface area contributed by atoms with Crippen molar-refractivity contribution in [2.45, 2.75) is 117 Å². The van der Waals surface area contributed by atoms with Gasteiger partial charge in [-0.3, -0.25) is 43.3 Å². The third-order valence-electron chi connectivity index (χ3n) is 10.4. The maximum atomic E-state index is 13.5. The Morgan fingerprint density at radius 3 is 2.00 bits per heavy atom. The van der Waals surface area contributed by atoms with E-state index in [9.17, 15) is 51.6 Å². The van der Waals surface area contributed by atoms with E-state index in [1.807, 2.05) is 0 Å². The molecule has 1 heterocycles. The predicted octanol–water partition coefficient (Wildman–Crippen LogP) is 3.23. The third-order valence-corrected chi connectivity index (χ3v) is 12.0. The topological polar surface area (TPSA) is 278 Å². The number of carbonyl (C=O) groups excluding carboxylic acids is 9. The van der Waals surface area contributed by atoms with Crippen molar-refractivity contribution < 1.29 is 70.5 Å². The fraction of sp³-hybridized carbons (Fsp3) is 0.630. The van der Waals surface area contributed by atoms with E-state index in [1.165, 1.54) is 12.2 Å². The quantitative estimate of drug-likeness (QED) is 0.0381. The van der Waals surface area contributed by atoms with Gasteiger partial charge >= 0.3 is 23.9 Å². The minimum Gasteiger partial charge on any atom is -0.465 e. The summed E-state index contributed by atoms with van der Waals surface area (Å²) in [6.45, 7) is 7.35. The number of esters is 3. The van der Waals surface area contributed by atoms with Gasteiger partial charge in [0.2, 0.25) is 5.91 Å². The van der Waals surface area contributed by atoms with Crippen LogP contribution in [0.2, 0.25) is 0 Å². The molecule has 1 aromatic carbocycles. The van der Waals surface area contributed by atoms with E-state index < -0.39 is 51.4 Å². The van der Waals surface area contributed by atoms with Crippen molar-refractivity contribution in [2.75, 3.05) is 51.0 Å². The van der Waals surface area contributed by atoms with Crippen LogP contribution in [-0.2, 0) is 80.2 Å². The number of rotatable bonds is 35. The van der Waals surface area contributed by atoms with Crippen LogP contribution in [0.4, 0.5) is 4.79 Å². The number of unbranched alkanes of at least 4 members (excludes halogenated alkanes) is 3. The lowest BCUT2D eigenvalue weighted by Gasteiger charge is -2.24. The average Bonchev–Trinajstić information content (AvgIpc) is 3.57. The first-order valence-electron chi connectivity index (χ1n) is 22.5. The number of hydrogen-bond donors (Lipinski definition) is 3. The summed E-state index contributed by atoms with van der Waals surface area (Å²) in [6, 6.07) is 5.31. The number of Topliss-reactive ketones (excluding diaryl/α,β-unsaturated/α-hetero) is 2. The summed E-state index contributed by atoms with van der Waals surface area (Å²) >= 11 is 0. The number of primary amides is 1. The van der Waals surface area contributed by atoms with E-state index in [0.717, 1.165) is 10.5 Å². The van der Waals surface area contributed by atoms with E-state index in [-0.39, 0.29) is 112 Å². The zero-order valence-electron chi connectivity index (χ0n) is 38.7. The molecule has 0 spiro atoms. The first-order valence-corrected chi connectivity index (χ1v) is 24.4. The molecule has 4 N–H and O–H groups in total. The van der Waals surface area contributed by atoms with Gasteiger partial charge in [0.25, 0.3) is 11.8 Å². The second kappa shape index (κ2) is 30.7. The van der Waals surface area contributed by atoms with Crippen molar-refractivity contribution in [2.24, 2.45) is 23.5 Å². The highest BCUT2D eigenvalue weighted by Crippen LogP contribution is 2.18. The van der Waals surface area contributed by atoms with Crippen LogP contribution in [0.25, 0.3) is 0 Å². The molecule has 1 aliphatic heterocycles. The Bertz CT molecular complexity index is 1910. The Balaban J connectivity index is 1.67. The van der Waals surface area contributed by atoms with Gasteiger partial charge in [0.1, 0.15) is 24.7 Å². The standard InChI is InChI=1S/C46H68N4O15S/c1-32(2)37(44(57)49-38(14-10-21-48-46(47)59)39(52)28-34-15-17-35(18-16-34)30-65-45(58)33(3)4)29-42(55)64-26-25-62-23-11-27-66(60,61)31-43(56)63-24-9-7-13-36(51)12-6-5-8-22-50-40(53)19-20-41(50)54/h15-20,32-33,37-38H,5-14,21-31H2,1-4H3,(H,49,57)(H3,47,48,59)/t37-,38-/m1/s1. The monoisotopic (exact) mass is 948 g/mol. The summed E-state index contributed by atoms with van der Waals surface area (Å²) in [6.07, 6.45) is 6.24. The Morgan fingerprint density at radius 1 is 0.727 bits per heavy atom. The highest BCUT2D eigenvalue weighted by atomic mass is 32.2. The molecule has 0 unspecified atom stereocenters. The van der Waals surface area contributed by atoms with Crippen LogP contribution in [0.5, 0.6) is 0 Å². The highest BCUT2D eigenvalue weighted by Gasteiger charge is 2.30. The van der Waals surface area contributed by atoms with Gasteiger partial charge in [0.15, 0.2) is 15.6 Å². The van der Waals surface area contributed by atoms with E-state index in [0.29, 0.717) is 63.5 Å². The zero-order valence-corrected chi connectivity index (χ0v) is 39.5. The average molecular weight is 949 g/mol. The Kier molecular flexibility index (Phi) is 26.3. The van der Waals surface area contributed by atoms with Crippen molar-refractivity contribution in [3.63, 3.8) is 0 Å². The van der Waals surface area contributed by atoms with Gasteiger partial charge in [-0.1, -0.05) is 58.4 Å². The summed E-state index contributed by atoms with van der Waals surface area (Å²) in [4.78, 5) is 111. The van der Waals surface area contributed by atoms with Crippen LogP contribution in [0.15, 0.2) is 36.4 Å². The number of urea groups is 1. The molecule has 5 amide bonds. The van der Waals surface area contributed by atoms with Crippen molar-refractivity contribution in [3.8, 4) is 0 Å². The van der Waals surface area contributed by atoms with Gasteiger partial charge in [-0.05, 0) is 62.0 Å². The Morgan fingerprint density at radius 2 is 1.36 bits per heavy atom. The van der Waals surface area contributed by atoms with Gasteiger partial charge in [-0.15, -0.1) is 0 Å². The largest absolute Gasteiger partial charge is 0.465 e. The molecule has 0 radical (unpaired) electrons. The minimum absolute atomic E-state index is 0.00833. The molecule has 0 aromatic heterocycles. The van der Waals surface area contributed by atoms with Gasteiger partial charge in [0, 0.05) is 51.1 Å². The lowest BCUT2D eigenvalue weighted by molar-refractivity contribution is -0.149. The van der Waals surface area contributed by atoms with Crippen molar-refractivity contribution in [1.82, 2.24) is 15.5 Å². The predicted molar refractivity (Wildman–Crippen MR) is 241 cm³/mol. The number of hydrogen-bond acceptors (Lipinski definition) is 15. The van der Waals surface area contributed by atoms with E-state index in [1.54, 1.807) is 52.0 Å². The fourth-order valence-electron chi connectivity index (χ4n) is 6.53. The van der Waals surface area contributed by atoms with Gasteiger partial charge in [0.05, 0.1) is 43.3 Å². The fourth-order valence-corrected chi connectivity index (χ4v) is 7.67. The smallest absolute Gasteiger partial charge is 0.321 e. The van der Waals surface area contributed by atoms with Gasteiger partial charge in [-0.2, -0.15) is 0 Å². The molecule has 0 fully saturated rings. The number of carbonyl (C=O) groups is 9. The molecule has 368 valence electrons. The highest BCUT2D eigenvalue weighted by molar-refractivity contribution is 7.92. The molecule has 1 aliphatic rings. The number of nitrogens with one attached hydrogen (secondary N) is 2. The van der Waals surface area contributed by atoms with Crippen LogP contribution in [0, 0.1) is 17.8 Å². The summed E-state index contributed by atoms with van der Waals surface area (Å²) in [7, 11) is -3.78. The molecule has 2 rings (SSSR count). The SMILES string of the molecule is CC(C)C(=O)OCc1ccc(CC(=O)[C@@H](CCCNC(N)=O)NC(=O)[C@H](CC(=O)OCCOCCCS(=O)(=O)CC(=O)OCCCCC(=O)CCCCCN2C(=O)C=CC2=O)C(C)C)cc1. The first kappa shape index (κ1) is 56.6. The number of nitrogens with two attached hydrogens (primary N) is 1. The molecule has 20 heteroatoms. The van der Waals surface area contributed by atoms with Crippen molar-refractivity contribution in [1.29, 1.82) is 0 Å². The van der Waals surface area contributed by atoms with Crippen LogP contribution in [0.3, 0.4) is 0 Å². The lowest BCUT2D eigenvalue weighted by atomic mass is 9.90. The molecule has 19 nitrogen and oxygen atoms in total. The Hall–Kier alpha value is -5.50. The molecule has 66 heavy (non-hydrogen) atoms. The van der Waals surface area contributed by atoms with Gasteiger partial charge in [-0.25, -0.2) is 13.2 Å². The molecule has 0 saturated heterocycles. The van der Waals surface area contributed by atoms with Crippen LogP contribution in [0.1, 0.15) is 109 Å². The Labute approximate surface area is 387 Å². The summed E-state index contributed by atoms with van der Waals surface area (Å²) in [5, 5.41) is 5.25. The molecular weight excluding hydrogens is 881 g/mol. The second-order valence-electron chi connectivity index (χ2n) is 16.7. The number of benzene rings is 1. The molecule has 0 bridgehead atoms. The van der Waals surface area contributed by atoms with Crippen LogP contribution in [-0.4, -0.2) is 124 Å². The second-order valence-corrected chi connectivity index (χ2v) is 18.9. The number of ether oxygens (including phenoxy) is 4. The number of imide groups is 1. The first-order chi connectivity index (χ1) is 31.3. The molecule has 2 atom stereocenters. The summed E-state index contributed by atoms with van der Waals surface area (Å²) in [5.74, 6) is -5.86. The lowest BCUT2D eigenvalue weighted by Crippen LogP contribution is -2.46. The summed E-state index contributed by atoms with van der Waals surface area (Å²) in [5.41, 5.74) is 6.58. The summed E-state index contributed by atoms with van der Waals surface area (Å²) < 4.78 is 45.8. The number of amides is 5.